The minimum atomic E-state index is -0.361. The Morgan fingerprint density at radius 2 is 1.45 bits per heavy atom. The molecule has 0 bridgehead atoms. The molecule has 0 amide bonds. The number of aryl methyl sites for hydroxylation is 3. The molecule has 0 aliphatic rings. The second-order valence-electron chi connectivity index (χ2n) is 8.44. The average molecular weight is 455 g/mol. The smallest absolute Gasteiger partial charge is 0.332 e. The molecule has 0 fully saturated rings. The van der Waals surface area contributed by atoms with Crippen LogP contribution >= 0.6 is 0 Å². The van der Waals surface area contributed by atoms with E-state index in [-0.39, 0.29) is 17.6 Å². The summed E-state index contributed by atoms with van der Waals surface area (Å²) in [6.45, 7) is 1.42. The number of anilines is 1. The van der Waals surface area contributed by atoms with E-state index in [0.717, 1.165) is 43.1 Å². The first-order valence-corrected chi connectivity index (χ1v) is 11.4. The third-order valence-corrected chi connectivity index (χ3v) is 6.12. The molecule has 0 unspecified atom stereocenters. The van der Waals surface area contributed by atoms with Crippen molar-refractivity contribution in [1.29, 1.82) is 0 Å². The molecule has 4 aromatic heterocycles. The van der Waals surface area contributed by atoms with Crippen LogP contribution < -0.4 is 17.0 Å². The van der Waals surface area contributed by atoms with Gasteiger partial charge in [0.15, 0.2) is 22.6 Å². The second kappa shape index (κ2) is 9.97. The fourth-order valence-corrected chi connectivity index (χ4v) is 4.18. The van der Waals surface area contributed by atoms with E-state index in [9.17, 15) is 9.59 Å². The Kier molecular flexibility index (Phi) is 6.45. The van der Waals surface area contributed by atoms with Crippen molar-refractivity contribution in [2.75, 3.05) is 5.73 Å². The number of hydrogen-bond acceptors (Lipinski definition) is 7. The second-order valence-corrected chi connectivity index (χ2v) is 8.44. The van der Waals surface area contributed by atoms with Crippen molar-refractivity contribution in [3.05, 3.63) is 39.8 Å². The van der Waals surface area contributed by atoms with Gasteiger partial charge >= 0.3 is 5.69 Å². The van der Waals surface area contributed by atoms with Gasteiger partial charge in [0.05, 0.1) is 12.6 Å². The van der Waals surface area contributed by atoms with Gasteiger partial charge in [-0.15, -0.1) is 0 Å². The van der Waals surface area contributed by atoms with Crippen LogP contribution in [0.5, 0.6) is 0 Å². The zero-order chi connectivity index (χ0) is 24.2. The van der Waals surface area contributed by atoms with Gasteiger partial charge in [0.2, 0.25) is 0 Å². The number of nitrogens with two attached hydrogens (primary N) is 1. The first-order valence-electron chi connectivity index (χ1n) is 11.9. The minimum absolute atomic E-state index is 0.174. The van der Waals surface area contributed by atoms with Gasteiger partial charge in [-0.2, -0.15) is 0 Å². The maximum absolute atomic E-state index is 12.5. The summed E-state index contributed by atoms with van der Waals surface area (Å²) in [5.41, 5.74) is 7.21. The monoisotopic (exact) mass is 454 g/mol. The lowest BCUT2D eigenvalue weighted by molar-refractivity contribution is 0.529. The first-order chi connectivity index (χ1) is 16.4. The Balaban J connectivity index is 1.15. The molecule has 0 spiro atoms. The average Bonchev–Trinajstić information content (AvgIpc) is 3.39. The molecule has 0 saturated carbocycles. The fraction of sp³-hybridized carbons (Fsp3) is 0.545. The van der Waals surface area contributed by atoms with Gasteiger partial charge in [-0.25, -0.2) is 24.7 Å². The highest BCUT2D eigenvalue weighted by molar-refractivity contribution is 5.81. The molecule has 176 valence electrons. The van der Waals surface area contributed by atoms with Crippen LogP contribution in [0.15, 0.2) is 28.5 Å². The molecule has 4 heterocycles. The van der Waals surface area contributed by atoms with E-state index in [1.54, 1.807) is 17.9 Å². The predicted octanol–water partition coefficient (Wildman–Crippen LogP) is 1.98. The summed E-state index contributed by atoms with van der Waals surface area (Å²) >= 11 is 0. The number of hydrogen-bond donors (Lipinski definition) is 1. The number of nitrogen functional groups attached to an aromatic ring is 1. The summed E-state index contributed by atoms with van der Waals surface area (Å²) in [5, 5.41) is 0. The lowest BCUT2D eigenvalue weighted by Gasteiger charge is -2.07. The topological polar surface area (TPSA) is 131 Å². The summed E-state index contributed by atoms with van der Waals surface area (Å²) in [5.74, 6) is 0.312. The molecule has 11 heteroatoms. The molecule has 2 N–H and O–H groups in total. The standard InChI is InChI=1S/C22H31N9O2/c1-28-20-17(21(32)29(2)22(28)33)30(15-27-20)11-9-7-5-3-4-6-8-10-12-31-14-26-16-18(23)24-13-25-19(16)31/h13-15H,3-12H2,1-2H3,(H2,23,24,25)/i14D. The third-order valence-electron chi connectivity index (χ3n) is 6.12. The molecule has 0 atom stereocenters. The van der Waals surface area contributed by atoms with Crippen LogP contribution in [0.4, 0.5) is 5.82 Å². The van der Waals surface area contributed by atoms with E-state index in [1.165, 1.54) is 30.8 Å². The quantitative estimate of drug-likeness (QED) is 0.343. The Morgan fingerprint density at radius 3 is 2.15 bits per heavy atom. The third kappa shape index (κ3) is 4.67. The molecule has 4 rings (SSSR count). The van der Waals surface area contributed by atoms with Crippen LogP contribution in [0.3, 0.4) is 0 Å². The Bertz CT molecular complexity index is 1420. The van der Waals surface area contributed by atoms with Crippen molar-refractivity contribution < 1.29 is 1.37 Å². The molecular weight excluding hydrogens is 422 g/mol. The van der Waals surface area contributed by atoms with Crippen molar-refractivity contribution in [3.63, 3.8) is 0 Å². The zero-order valence-corrected chi connectivity index (χ0v) is 19.2. The van der Waals surface area contributed by atoms with E-state index >= 15 is 0 Å². The number of rotatable bonds is 11. The molecule has 0 aliphatic heterocycles. The van der Waals surface area contributed by atoms with Crippen LogP contribution in [0.2, 0.25) is 0 Å². The molecule has 33 heavy (non-hydrogen) atoms. The molecule has 0 saturated heterocycles. The molecule has 11 nitrogen and oxygen atoms in total. The number of aromatic nitrogens is 8. The molecule has 0 radical (unpaired) electrons. The van der Waals surface area contributed by atoms with Gasteiger partial charge in [0.25, 0.3) is 5.56 Å². The fourth-order valence-electron chi connectivity index (χ4n) is 4.18. The SMILES string of the molecule is [2H]c1nc2c(N)ncnc2n1CCCCCCCCCCn1cnc2c1c(=O)n(C)c(=O)n2C. The van der Waals surface area contributed by atoms with E-state index in [1.807, 2.05) is 4.57 Å². The maximum Gasteiger partial charge on any atom is 0.332 e. The van der Waals surface area contributed by atoms with Gasteiger partial charge < -0.3 is 14.9 Å². The molecule has 0 aromatic carbocycles. The Hall–Kier alpha value is -3.50. The van der Waals surface area contributed by atoms with Crippen LogP contribution in [-0.2, 0) is 27.2 Å². The lowest BCUT2D eigenvalue weighted by Crippen LogP contribution is -2.37. The minimum Gasteiger partial charge on any atom is -0.382 e. The summed E-state index contributed by atoms with van der Waals surface area (Å²) < 4.78 is 14.2. The van der Waals surface area contributed by atoms with Crippen molar-refractivity contribution in [1.82, 2.24) is 38.2 Å². The Morgan fingerprint density at radius 1 is 0.818 bits per heavy atom. The predicted molar refractivity (Wildman–Crippen MR) is 127 cm³/mol. The summed E-state index contributed by atoms with van der Waals surface area (Å²) in [7, 11) is 3.13. The lowest BCUT2D eigenvalue weighted by atomic mass is 10.1. The number of unbranched alkanes of at least 4 members (excludes halogenated alkanes) is 7. The normalized spacial score (nSPS) is 12.1. The molecule has 4 aromatic rings. The largest absolute Gasteiger partial charge is 0.382 e. The molecular formula is C22H31N9O2. The van der Waals surface area contributed by atoms with E-state index in [0.29, 0.717) is 41.2 Å². The van der Waals surface area contributed by atoms with Crippen LogP contribution in [-0.4, -0.2) is 38.2 Å². The summed E-state index contributed by atoms with van der Waals surface area (Å²) in [6.07, 6.45) is 12.0. The van der Waals surface area contributed by atoms with Gasteiger partial charge in [-0.3, -0.25) is 13.9 Å². The van der Waals surface area contributed by atoms with E-state index in [2.05, 4.69) is 19.9 Å². The van der Waals surface area contributed by atoms with Gasteiger partial charge in [0.1, 0.15) is 13.2 Å². The number of imidazole rings is 2. The highest BCUT2D eigenvalue weighted by Gasteiger charge is 2.13. The highest BCUT2D eigenvalue weighted by atomic mass is 16.2. The van der Waals surface area contributed by atoms with Crippen molar-refractivity contribution >= 4 is 28.1 Å². The first kappa shape index (κ1) is 21.4. The number of fused-ring (bicyclic) bond motifs is 2. The Labute approximate surface area is 192 Å². The number of nitrogens with zero attached hydrogens (tertiary/aromatic N) is 8. The van der Waals surface area contributed by atoms with Gasteiger partial charge in [-0.1, -0.05) is 38.5 Å². The van der Waals surface area contributed by atoms with Crippen LogP contribution in [0.25, 0.3) is 22.3 Å². The van der Waals surface area contributed by atoms with E-state index < -0.39 is 0 Å². The summed E-state index contributed by atoms with van der Waals surface area (Å²) in [6, 6.07) is 0. The van der Waals surface area contributed by atoms with Gasteiger partial charge in [0, 0.05) is 27.2 Å². The van der Waals surface area contributed by atoms with Gasteiger partial charge in [-0.05, 0) is 12.8 Å². The summed E-state index contributed by atoms with van der Waals surface area (Å²) in [4.78, 5) is 41.1. The molecule has 0 aliphatic carbocycles. The van der Waals surface area contributed by atoms with E-state index in [4.69, 9.17) is 7.10 Å². The van der Waals surface area contributed by atoms with Crippen molar-refractivity contribution in [2.45, 2.75) is 64.5 Å². The highest BCUT2D eigenvalue weighted by Crippen LogP contribution is 2.16. The van der Waals surface area contributed by atoms with Crippen molar-refractivity contribution in [3.8, 4) is 0 Å². The van der Waals surface area contributed by atoms with Crippen LogP contribution in [0, 0.1) is 0 Å². The zero-order valence-electron chi connectivity index (χ0n) is 20.2. The van der Waals surface area contributed by atoms with Crippen LogP contribution in [0.1, 0.15) is 52.7 Å². The van der Waals surface area contributed by atoms with Crippen molar-refractivity contribution in [2.24, 2.45) is 14.1 Å². The maximum atomic E-state index is 12.5.